The fourth-order valence-corrected chi connectivity index (χ4v) is 0.891. The number of aryl methyl sites for hydroxylation is 3. The van der Waals surface area contributed by atoms with E-state index in [9.17, 15) is 0 Å². The molecule has 0 amide bonds. The molecule has 1 aromatic rings. The van der Waals surface area contributed by atoms with Gasteiger partial charge in [0.2, 0.25) is 0 Å². The van der Waals surface area contributed by atoms with E-state index in [1.54, 1.807) is 0 Å². The molecular formula is C11H20. The maximum absolute atomic E-state index is 2.20. The second-order valence-electron chi connectivity index (χ2n) is 2.59. The van der Waals surface area contributed by atoms with Crippen LogP contribution in [0.25, 0.3) is 0 Å². The van der Waals surface area contributed by atoms with Gasteiger partial charge in [-0.2, -0.15) is 0 Å². The molecule has 0 nitrogen and oxygen atoms in total. The number of benzene rings is 1. The predicted octanol–water partition coefficient (Wildman–Crippen LogP) is 3.88. The van der Waals surface area contributed by atoms with Gasteiger partial charge in [0.25, 0.3) is 0 Å². The molecule has 1 aromatic carbocycles. The van der Waals surface area contributed by atoms with Gasteiger partial charge in [0, 0.05) is 0 Å². The summed E-state index contributed by atoms with van der Waals surface area (Å²) in [5, 5.41) is 0. The smallest absolute Gasteiger partial charge is 0.0395 e. The molecule has 0 heterocycles. The second kappa shape index (κ2) is 4.95. The van der Waals surface area contributed by atoms with E-state index in [4.69, 9.17) is 0 Å². The van der Waals surface area contributed by atoms with E-state index in [1.165, 1.54) is 16.7 Å². The molecule has 0 aliphatic heterocycles. The van der Waals surface area contributed by atoms with Crippen LogP contribution in [-0.4, -0.2) is 0 Å². The molecule has 0 unspecified atom stereocenters. The van der Waals surface area contributed by atoms with E-state index in [0.717, 1.165) is 0 Å². The van der Waals surface area contributed by atoms with Crippen LogP contribution in [0.1, 0.15) is 31.5 Å². The van der Waals surface area contributed by atoms with Crippen molar-refractivity contribution in [2.45, 2.75) is 35.6 Å². The fourth-order valence-electron chi connectivity index (χ4n) is 0.891. The zero-order valence-electron chi connectivity index (χ0n) is 6.23. The van der Waals surface area contributed by atoms with Crippen LogP contribution in [0.15, 0.2) is 18.2 Å². The molecule has 0 atom stereocenters. The minimum atomic E-state index is 0. The normalized spacial score (nSPS) is 7.91. The summed E-state index contributed by atoms with van der Waals surface area (Å²) in [6.07, 6.45) is 0. The fraction of sp³-hybridized carbons (Fsp3) is 0.455. The van der Waals surface area contributed by atoms with Crippen LogP contribution in [0.2, 0.25) is 0 Å². The Morgan fingerprint density at radius 2 is 1.36 bits per heavy atom. The Balaban J connectivity index is 0. The number of hydrogen-bond acceptors (Lipinski definition) is 0. The highest BCUT2D eigenvalue weighted by Crippen LogP contribution is 2.07. The van der Waals surface area contributed by atoms with Gasteiger partial charge in [0.1, 0.15) is 0 Å². The molecular weight excluding hydrogens is 132 g/mol. The highest BCUT2D eigenvalue weighted by Gasteiger charge is 1.89. The van der Waals surface area contributed by atoms with Crippen molar-refractivity contribution in [1.82, 2.24) is 0 Å². The van der Waals surface area contributed by atoms with Crippen LogP contribution >= 0.6 is 0 Å². The summed E-state index contributed by atoms with van der Waals surface area (Å²) in [4.78, 5) is 0. The lowest BCUT2D eigenvalue weighted by molar-refractivity contribution is 1.30. The van der Waals surface area contributed by atoms with Crippen molar-refractivity contribution in [3.8, 4) is 0 Å². The largest absolute Gasteiger partial charge is 0.0776 e. The van der Waals surface area contributed by atoms with E-state index in [0.29, 0.717) is 0 Å². The van der Waals surface area contributed by atoms with Gasteiger partial charge in [-0.05, 0) is 31.9 Å². The van der Waals surface area contributed by atoms with E-state index in [1.807, 2.05) is 0 Å². The summed E-state index contributed by atoms with van der Waals surface area (Å²) in [6, 6.07) is 6.50. The summed E-state index contributed by atoms with van der Waals surface area (Å²) >= 11 is 0. The zero-order chi connectivity index (χ0) is 6.85. The first-order valence-corrected chi connectivity index (χ1v) is 3.24. The third-order valence-corrected chi connectivity index (χ3v) is 1.66. The second-order valence-corrected chi connectivity index (χ2v) is 2.59. The van der Waals surface area contributed by atoms with Crippen LogP contribution in [-0.2, 0) is 0 Å². The molecule has 0 aliphatic rings. The van der Waals surface area contributed by atoms with Crippen LogP contribution in [0.5, 0.6) is 0 Å². The third-order valence-electron chi connectivity index (χ3n) is 1.66. The van der Waals surface area contributed by atoms with Crippen molar-refractivity contribution in [3.63, 3.8) is 0 Å². The molecule has 0 aliphatic carbocycles. The molecule has 0 aromatic heterocycles. The van der Waals surface area contributed by atoms with Gasteiger partial charge in [-0.15, -0.1) is 0 Å². The Morgan fingerprint density at radius 1 is 0.818 bits per heavy atom. The lowest BCUT2D eigenvalue weighted by Gasteiger charge is -1.98. The first-order valence-electron chi connectivity index (χ1n) is 3.24. The van der Waals surface area contributed by atoms with Gasteiger partial charge in [0.15, 0.2) is 0 Å². The van der Waals surface area contributed by atoms with E-state index < -0.39 is 0 Å². The molecule has 0 N–H and O–H groups in total. The summed E-state index contributed by atoms with van der Waals surface area (Å²) in [5.74, 6) is 0. The van der Waals surface area contributed by atoms with Crippen molar-refractivity contribution in [2.75, 3.05) is 0 Å². The van der Waals surface area contributed by atoms with E-state index >= 15 is 0 Å². The first-order chi connectivity index (χ1) is 4.20. The van der Waals surface area contributed by atoms with Crippen molar-refractivity contribution in [3.05, 3.63) is 34.9 Å². The molecule has 0 spiro atoms. The predicted molar refractivity (Wildman–Crippen MR) is 54.1 cm³/mol. The number of rotatable bonds is 0. The maximum atomic E-state index is 2.20. The molecule has 0 saturated carbocycles. The zero-order valence-corrected chi connectivity index (χ0v) is 6.23. The van der Waals surface area contributed by atoms with Crippen molar-refractivity contribution < 1.29 is 0 Å². The van der Waals surface area contributed by atoms with E-state index in [2.05, 4.69) is 39.0 Å². The number of hydrogen-bond donors (Lipinski definition) is 0. The Labute approximate surface area is 71.3 Å². The molecule has 64 valence electrons. The van der Waals surface area contributed by atoms with Crippen LogP contribution in [0.4, 0.5) is 0 Å². The Bertz CT molecular complexity index is 211. The van der Waals surface area contributed by atoms with Gasteiger partial charge in [0.05, 0.1) is 0 Å². The molecule has 0 bridgehead atoms. The van der Waals surface area contributed by atoms with E-state index in [-0.39, 0.29) is 14.9 Å². The average molecular weight is 152 g/mol. The third kappa shape index (κ3) is 3.22. The van der Waals surface area contributed by atoms with Gasteiger partial charge >= 0.3 is 0 Å². The Morgan fingerprint density at radius 3 is 1.73 bits per heavy atom. The lowest BCUT2D eigenvalue weighted by Crippen LogP contribution is -1.79. The topological polar surface area (TPSA) is 0 Å². The van der Waals surface area contributed by atoms with Gasteiger partial charge in [-0.3, -0.25) is 0 Å². The van der Waals surface area contributed by atoms with Crippen molar-refractivity contribution in [2.24, 2.45) is 0 Å². The average Bonchev–Trinajstić information content (AvgIpc) is 1.80. The Kier molecular flexibility index (Phi) is 5.78. The van der Waals surface area contributed by atoms with Crippen LogP contribution < -0.4 is 0 Å². The summed E-state index contributed by atoms with van der Waals surface area (Å²) in [7, 11) is 0. The van der Waals surface area contributed by atoms with Gasteiger partial charge in [-0.1, -0.05) is 38.6 Å². The molecule has 0 fully saturated rings. The monoisotopic (exact) mass is 152 g/mol. The standard InChI is InChI=1S/C9H12.2CH4/c1-7-4-5-8(2)9(3)6-7;;/h4-6H,1-3H3;2*1H4. The SMILES string of the molecule is C.C.Cc1ccc(C)c(C)c1. The van der Waals surface area contributed by atoms with Gasteiger partial charge < -0.3 is 0 Å². The van der Waals surface area contributed by atoms with Gasteiger partial charge in [-0.25, -0.2) is 0 Å². The quantitative estimate of drug-likeness (QED) is 0.529. The molecule has 0 heteroatoms. The molecule has 0 radical (unpaired) electrons. The maximum Gasteiger partial charge on any atom is -0.0395 e. The highest BCUT2D eigenvalue weighted by atomic mass is 13.9. The summed E-state index contributed by atoms with van der Waals surface area (Å²) in [6.45, 7) is 6.39. The van der Waals surface area contributed by atoms with Crippen LogP contribution in [0.3, 0.4) is 0 Å². The first kappa shape index (κ1) is 12.9. The summed E-state index contributed by atoms with van der Waals surface area (Å²) < 4.78 is 0. The highest BCUT2D eigenvalue weighted by molar-refractivity contribution is 5.28. The molecule has 11 heavy (non-hydrogen) atoms. The Hall–Kier alpha value is -0.780. The van der Waals surface area contributed by atoms with Crippen LogP contribution in [0, 0.1) is 20.8 Å². The van der Waals surface area contributed by atoms with Crippen molar-refractivity contribution in [1.29, 1.82) is 0 Å². The lowest BCUT2D eigenvalue weighted by atomic mass is 10.1. The van der Waals surface area contributed by atoms with Crippen molar-refractivity contribution >= 4 is 0 Å². The molecule has 1 rings (SSSR count). The minimum Gasteiger partial charge on any atom is -0.0776 e. The minimum absolute atomic E-state index is 0. The summed E-state index contributed by atoms with van der Waals surface area (Å²) in [5.41, 5.74) is 4.11. The molecule has 0 saturated heterocycles.